The van der Waals surface area contributed by atoms with Crippen LogP contribution in [0.4, 0.5) is 10.5 Å². The highest BCUT2D eigenvalue weighted by molar-refractivity contribution is 5.90. The first-order valence-electron chi connectivity index (χ1n) is 11.5. The Hall–Kier alpha value is -2.57. The number of hydrogen-bond donors (Lipinski definition) is 2. The molecular weight excluding hydrogens is 394 g/mol. The van der Waals surface area contributed by atoms with Crippen molar-refractivity contribution < 1.29 is 19.1 Å². The number of carbonyl (C=O) groups excluding carboxylic acids is 3. The van der Waals surface area contributed by atoms with Gasteiger partial charge in [0.05, 0.1) is 5.92 Å². The van der Waals surface area contributed by atoms with Gasteiger partial charge in [-0.25, -0.2) is 4.79 Å². The third-order valence-corrected chi connectivity index (χ3v) is 6.76. The first kappa shape index (κ1) is 23.1. The van der Waals surface area contributed by atoms with Crippen LogP contribution in [0.25, 0.3) is 0 Å². The van der Waals surface area contributed by atoms with Crippen molar-refractivity contribution in [2.24, 2.45) is 17.8 Å². The Bertz CT molecular complexity index is 769. The van der Waals surface area contributed by atoms with Crippen LogP contribution in [0, 0.1) is 17.8 Å². The van der Waals surface area contributed by atoms with Crippen LogP contribution >= 0.6 is 0 Å². The van der Waals surface area contributed by atoms with Gasteiger partial charge in [-0.3, -0.25) is 9.59 Å². The number of piperidine rings is 1. The second-order valence-corrected chi connectivity index (χ2v) is 9.04. The number of carbonyl (C=O) groups is 3. The van der Waals surface area contributed by atoms with Crippen molar-refractivity contribution in [1.29, 1.82) is 0 Å². The second-order valence-electron chi connectivity index (χ2n) is 9.04. The minimum Gasteiger partial charge on any atom is -0.452 e. The fourth-order valence-electron chi connectivity index (χ4n) is 4.49. The van der Waals surface area contributed by atoms with Gasteiger partial charge in [-0.1, -0.05) is 44.9 Å². The predicted octanol–water partition coefficient (Wildman–Crippen LogP) is 3.80. The summed E-state index contributed by atoms with van der Waals surface area (Å²) < 4.78 is 5.49. The van der Waals surface area contributed by atoms with E-state index < -0.39 is 18.0 Å². The van der Waals surface area contributed by atoms with E-state index in [1.165, 1.54) is 6.42 Å². The number of benzene rings is 1. The molecule has 170 valence electrons. The monoisotopic (exact) mass is 429 g/mol. The minimum absolute atomic E-state index is 0.129. The third kappa shape index (κ3) is 6.21. The fraction of sp³-hybridized carbons (Fsp3) is 0.625. The number of nitrogens with one attached hydrogen (secondary N) is 2. The molecule has 0 spiro atoms. The van der Waals surface area contributed by atoms with Gasteiger partial charge in [0.25, 0.3) is 5.91 Å². The Kier molecular flexibility index (Phi) is 7.93. The number of urea groups is 1. The molecule has 1 saturated carbocycles. The van der Waals surface area contributed by atoms with E-state index >= 15 is 0 Å². The zero-order valence-corrected chi connectivity index (χ0v) is 18.8. The summed E-state index contributed by atoms with van der Waals surface area (Å²) in [5.41, 5.74) is 0.716. The molecule has 0 radical (unpaired) electrons. The summed E-state index contributed by atoms with van der Waals surface area (Å²) in [6.45, 7) is 6.89. The van der Waals surface area contributed by atoms with Gasteiger partial charge in [-0.15, -0.1) is 0 Å². The van der Waals surface area contributed by atoms with Gasteiger partial charge in [-0.2, -0.15) is 0 Å². The summed E-state index contributed by atoms with van der Waals surface area (Å²) >= 11 is 0. The molecule has 1 saturated heterocycles. The number of nitrogens with zero attached hydrogens (tertiary/aromatic N) is 1. The predicted molar refractivity (Wildman–Crippen MR) is 119 cm³/mol. The van der Waals surface area contributed by atoms with E-state index in [2.05, 4.69) is 24.5 Å². The summed E-state index contributed by atoms with van der Waals surface area (Å²) in [6, 6.07) is 9.14. The van der Waals surface area contributed by atoms with E-state index in [4.69, 9.17) is 4.74 Å². The standard InChI is InChI=1S/C24H35N3O4/c1-16-9-7-13-21(17(16)2)26-22(28)18(3)31-23(29)19-10-8-14-27(15-19)24(30)25-20-11-5-4-6-12-20/h4-6,11-12,16-19,21H,7-10,13-15H2,1-3H3,(H,25,30)(H,26,28)/t16-,17-,18-,19+,21+/m0/s1. The molecule has 3 rings (SSSR count). The maximum atomic E-state index is 12.7. The van der Waals surface area contributed by atoms with E-state index in [0.29, 0.717) is 37.0 Å². The van der Waals surface area contributed by atoms with Gasteiger partial charge in [0, 0.05) is 24.8 Å². The van der Waals surface area contributed by atoms with Gasteiger partial charge in [-0.05, 0) is 50.2 Å². The summed E-state index contributed by atoms with van der Waals surface area (Å²) in [5, 5.41) is 5.92. The summed E-state index contributed by atoms with van der Waals surface area (Å²) in [7, 11) is 0. The van der Waals surface area contributed by atoms with Gasteiger partial charge >= 0.3 is 12.0 Å². The van der Waals surface area contributed by atoms with E-state index in [1.54, 1.807) is 11.8 Å². The molecule has 0 aromatic heterocycles. The summed E-state index contributed by atoms with van der Waals surface area (Å²) in [6.07, 6.45) is 3.79. The zero-order valence-electron chi connectivity index (χ0n) is 18.8. The quantitative estimate of drug-likeness (QED) is 0.697. The molecule has 2 aliphatic rings. The van der Waals surface area contributed by atoms with E-state index in [1.807, 2.05) is 30.3 Å². The molecule has 2 fully saturated rings. The highest BCUT2D eigenvalue weighted by Crippen LogP contribution is 2.29. The lowest BCUT2D eigenvalue weighted by Gasteiger charge is -2.35. The molecule has 2 N–H and O–H groups in total. The normalized spacial score (nSPS) is 27.1. The topological polar surface area (TPSA) is 87.7 Å². The van der Waals surface area contributed by atoms with Crippen molar-refractivity contribution in [3.05, 3.63) is 30.3 Å². The maximum Gasteiger partial charge on any atom is 0.321 e. The van der Waals surface area contributed by atoms with E-state index in [9.17, 15) is 14.4 Å². The molecule has 5 atom stereocenters. The van der Waals surface area contributed by atoms with Crippen LogP contribution in [-0.2, 0) is 14.3 Å². The fourth-order valence-corrected chi connectivity index (χ4v) is 4.49. The van der Waals surface area contributed by atoms with Crippen molar-refractivity contribution in [1.82, 2.24) is 10.2 Å². The van der Waals surface area contributed by atoms with Crippen LogP contribution in [0.3, 0.4) is 0 Å². The van der Waals surface area contributed by atoms with Gasteiger partial charge in [0.2, 0.25) is 0 Å². The lowest BCUT2D eigenvalue weighted by molar-refractivity contribution is -0.160. The number of rotatable bonds is 5. The van der Waals surface area contributed by atoms with Crippen molar-refractivity contribution >= 4 is 23.6 Å². The average molecular weight is 430 g/mol. The molecular formula is C24H35N3O4. The number of ether oxygens (including phenoxy) is 1. The first-order chi connectivity index (χ1) is 14.8. The Labute approximate surface area is 184 Å². The number of anilines is 1. The number of amides is 3. The van der Waals surface area contributed by atoms with E-state index in [0.717, 1.165) is 19.3 Å². The van der Waals surface area contributed by atoms with Crippen molar-refractivity contribution in [3.63, 3.8) is 0 Å². The number of para-hydroxylation sites is 1. The smallest absolute Gasteiger partial charge is 0.321 e. The third-order valence-electron chi connectivity index (χ3n) is 6.76. The van der Waals surface area contributed by atoms with Crippen LogP contribution in [0.2, 0.25) is 0 Å². The molecule has 0 bridgehead atoms. The molecule has 1 aliphatic carbocycles. The SMILES string of the molecule is C[C@H]1[C@@H](C)CCC[C@H]1NC(=O)[C@H](C)OC(=O)[C@@H]1CCCN(C(=O)Nc2ccccc2)C1. The van der Waals surface area contributed by atoms with Gasteiger partial charge in [0.15, 0.2) is 6.10 Å². The van der Waals surface area contributed by atoms with E-state index in [-0.39, 0.29) is 18.0 Å². The number of likely N-dealkylation sites (tertiary alicyclic amines) is 1. The number of esters is 1. The molecule has 7 nitrogen and oxygen atoms in total. The van der Waals surface area contributed by atoms with Crippen LogP contribution in [0.5, 0.6) is 0 Å². The van der Waals surface area contributed by atoms with Gasteiger partial charge in [0.1, 0.15) is 0 Å². The van der Waals surface area contributed by atoms with Crippen LogP contribution in [0.15, 0.2) is 30.3 Å². The lowest BCUT2D eigenvalue weighted by Crippen LogP contribution is -2.49. The molecule has 3 amide bonds. The highest BCUT2D eigenvalue weighted by atomic mass is 16.5. The Morgan fingerprint density at radius 3 is 2.55 bits per heavy atom. The van der Waals surface area contributed by atoms with Crippen LogP contribution in [0.1, 0.15) is 52.9 Å². The first-order valence-corrected chi connectivity index (χ1v) is 11.5. The maximum absolute atomic E-state index is 12.7. The molecule has 7 heteroatoms. The molecule has 31 heavy (non-hydrogen) atoms. The summed E-state index contributed by atoms with van der Waals surface area (Å²) in [5.74, 6) is -0.0827. The van der Waals surface area contributed by atoms with Crippen molar-refractivity contribution in [2.45, 2.75) is 65.0 Å². The number of hydrogen-bond acceptors (Lipinski definition) is 4. The molecule has 1 heterocycles. The van der Waals surface area contributed by atoms with Crippen molar-refractivity contribution in [3.8, 4) is 0 Å². The Morgan fingerprint density at radius 1 is 1.06 bits per heavy atom. The Balaban J connectivity index is 1.48. The lowest BCUT2D eigenvalue weighted by atomic mass is 9.78. The summed E-state index contributed by atoms with van der Waals surface area (Å²) in [4.78, 5) is 39.5. The molecule has 1 aliphatic heterocycles. The van der Waals surface area contributed by atoms with Crippen molar-refractivity contribution in [2.75, 3.05) is 18.4 Å². The van der Waals surface area contributed by atoms with Gasteiger partial charge < -0.3 is 20.3 Å². The highest BCUT2D eigenvalue weighted by Gasteiger charge is 2.33. The molecule has 1 aromatic carbocycles. The second kappa shape index (κ2) is 10.6. The van der Waals surface area contributed by atoms with Crippen LogP contribution in [-0.4, -0.2) is 48.0 Å². The largest absolute Gasteiger partial charge is 0.452 e. The molecule has 0 unspecified atom stereocenters. The Morgan fingerprint density at radius 2 is 1.81 bits per heavy atom. The van der Waals surface area contributed by atoms with Crippen LogP contribution < -0.4 is 10.6 Å². The average Bonchev–Trinajstić information content (AvgIpc) is 2.77. The molecule has 1 aromatic rings. The zero-order chi connectivity index (χ0) is 22.4. The minimum atomic E-state index is -0.842.